The minimum atomic E-state index is -3.59. The Morgan fingerprint density at radius 1 is 1.11 bits per heavy atom. The molecule has 4 saturated carbocycles. The van der Waals surface area contributed by atoms with Gasteiger partial charge in [0.25, 0.3) is 0 Å². The van der Waals surface area contributed by atoms with Gasteiger partial charge in [0.2, 0.25) is 15.9 Å². The molecule has 5 nitrogen and oxygen atoms in total. The number of amides is 1. The number of halogens is 1. The first-order chi connectivity index (χ1) is 12.8. The van der Waals surface area contributed by atoms with Gasteiger partial charge in [-0.05, 0) is 79.9 Å². The van der Waals surface area contributed by atoms with E-state index < -0.39 is 10.0 Å². The van der Waals surface area contributed by atoms with E-state index >= 15 is 0 Å². The van der Waals surface area contributed by atoms with Gasteiger partial charge >= 0.3 is 0 Å². The molecular formula is C20H27BrN2O3S. The van der Waals surface area contributed by atoms with E-state index in [1.54, 1.807) is 24.3 Å². The highest BCUT2D eigenvalue weighted by Crippen LogP contribution is 2.59. The van der Waals surface area contributed by atoms with Gasteiger partial charge in [-0.25, -0.2) is 13.1 Å². The summed E-state index contributed by atoms with van der Waals surface area (Å²) in [4.78, 5) is 12.5. The molecule has 0 unspecified atom stereocenters. The lowest BCUT2D eigenvalue weighted by Gasteiger charge is -2.56. The Hall–Kier alpha value is -0.920. The summed E-state index contributed by atoms with van der Waals surface area (Å²) >= 11 is 3.28. The molecule has 0 heterocycles. The van der Waals surface area contributed by atoms with Crippen LogP contribution < -0.4 is 10.0 Å². The molecular weight excluding hydrogens is 428 g/mol. The fourth-order valence-corrected chi connectivity index (χ4v) is 7.53. The van der Waals surface area contributed by atoms with Crippen LogP contribution in [0.5, 0.6) is 0 Å². The second-order valence-corrected chi connectivity index (χ2v) is 11.5. The Bertz CT molecular complexity index is 789. The van der Waals surface area contributed by atoms with Crippen LogP contribution in [0.2, 0.25) is 0 Å². The van der Waals surface area contributed by atoms with Gasteiger partial charge in [0.1, 0.15) is 0 Å². The predicted molar refractivity (Wildman–Crippen MR) is 108 cm³/mol. The Morgan fingerprint density at radius 2 is 1.74 bits per heavy atom. The van der Waals surface area contributed by atoms with Crippen molar-refractivity contribution in [2.45, 2.75) is 49.8 Å². The maximum Gasteiger partial charge on any atom is 0.240 e. The Labute approximate surface area is 169 Å². The van der Waals surface area contributed by atoms with Gasteiger partial charge < -0.3 is 5.32 Å². The molecule has 0 spiro atoms. The molecule has 2 N–H and O–H groups in total. The summed E-state index contributed by atoms with van der Waals surface area (Å²) in [6.45, 7) is 0.870. The number of carbonyl (C=O) groups excluding carboxylic acids is 1. The fourth-order valence-electron chi connectivity index (χ4n) is 5.90. The maximum atomic E-state index is 12.3. The lowest BCUT2D eigenvalue weighted by Crippen LogP contribution is -2.51. The largest absolute Gasteiger partial charge is 0.356 e. The van der Waals surface area contributed by atoms with Gasteiger partial charge in [-0.3, -0.25) is 4.79 Å². The summed E-state index contributed by atoms with van der Waals surface area (Å²) in [5, 5.41) is 3.09. The molecule has 4 bridgehead atoms. The van der Waals surface area contributed by atoms with Gasteiger partial charge in [-0.1, -0.05) is 22.0 Å². The molecule has 1 aromatic rings. The van der Waals surface area contributed by atoms with Gasteiger partial charge in [-0.2, -0.15) is 0 Å². The summed E-state index contributed by atoms with van der Waals surface area (Å²) in [6, 6.07) is 6.55. The van der Waals surface area contributed by atoms with Gasteiger partial charge in [0, 0.05) is 24.0 Å². The number of carbonyl (C=O) groups is 1. The minimum Gasteiger partial charge on any atom is -0.356 e. The molecule has 5 rings (SSSR count). The zero-order valence-corrected chi connectivity index (χ0v) is 17.8. The van der Waals surface area contributed by atoms with E-state index in [0.29, 0.717) is 9.89 Å². The van der Waals surface area contributed by atoms with Crippen LogP contribution in [0.25, 0.3) is 0 Å². The van der Waals surface area contributed by atoms with Crippen LogP contribution in [0.4, 0.5) is 0 Å². The van der Waals surface area contributed by atoms with Crippen molar-refractivity contribution in [1.82, 2.24) is 10.0 Å². The van der Waals surface area contributed by atoms with Crippen molar-refractivity contribution < 1.29 is 13.2 Å². The number of hydrogen-bond acceptors (Lipinski definition) is 3. The average Bonchev–Trinajstić information content (AvgIpc) is 2.59. The summed E-state index contributed by atoms with van der Waals surface area (Å²) in [6.07, 6.45) is 8.12. The third kappa shape index (κ3) is 4.40. The topological polar surface area (TPSA) is 75.3 Å². The molecule has 148 valence electrons. The van der Waals surface area contributed by atoms with E-state index in [-0.39, 0.29) is 23.8 Å². The summed E-state index contributed by atoms with van der Waals surface area (Å²) in [5.41, 5.74) is 0.306. The fraction of sp³-hybridized carbons (Fsp3) is 0.650. The van der Waals surface area contributed by atoms with Gasteiger partial charge in [0.05, 0.1) is 4.90 Å². The zero-order valence-electron chi connectivity index (χ0n) is 15.4. The summed E-state index contributed by atoms with van der Waals surface area (Å²) in [5.74, 6) is 2.53. The monoisotopic (exact) mass is 454 g/mol. The van der Waals surface area contributed by atoms with Crippen LogP contribution >= 0.6 is 15.9 Å². The summed E-state index contributed by atoms with van der Waals surface area (Å²) < 4.78 is 27.8. The molecule has 27 heavy (non-hydrogen) atoms. The van der Waals surface area contributed by atoms with Crippen LogP contribution in [0.1, 0.15) is 44.9 Å². The second kappa shape index (κ2) is 7.48. The maximum absolute atomic E-state index is 12.3. The molecule has 4 aliphatic carbocycles. The third-order valence-corrected chi connectivity index (χ3v) is 8.53. The van der Waals surface area contributed by atoms with E-state index in [2.05, 4.69) is 26.0 Å². The van der Waals surface area contributed by atoms with Crippen molar-refractivity contribution in [2.75, 3.05) is 13.1 Å². The Morgan fingerprint density at radius 3 is 2.33 bits per heavy atom. The first-order valence-electron chi connectivity index (χ1n) is 9.86. The van der Waals surface area contributed by atoms with Crippen LogP contribution in [0, 0.1) is 23.2 Å². The highest BCUT2D eigenvalue weighted by atomic mass is 79.9. The molecule has 4 fully saturated rings. The predicted octanol–water partition coefficient (Wildman–Crippen LogP) is 3.45. The second-order valence-electron chi connectivity index (χ2n) is 8.80. The molecule has 0 saturated heterocycles. The molecule has 1 amide bonds. The molecule has 7 heteroatoms. The molecule has 0 aliphatic heterocycles. The van der Waals surface area contributed by atoms with Crippen molar-refractivity contribution in [3.8, 4) is 0 Å². The normalized spacial score (nSPS) is 31.8. The highest BCUT2D eigenvalue weighted by molar-refractivity contribution is 9.10. The number of benzene rings is 1. The highest BCUT2D eigenvalue weighted by Gasteiger charge is 2.50. The number of sulfonamides is 1. The minimum absolute atomic E-state index is 0.0670. The first-order valence-corrected chi connectivity index (χ1v) is 12.1. The van der Waals surface area contributed by atoms with E-state index in [1.165, 1.54) is 38.5 Å². The van der Waals surface area contributed by atoms with E-state index in [0.717, 1.165) is 24.3 Å². The van der Waals surface area contributed by atoms with Crippen molar-refractivity contribution in [2.24, 2.45) is 23.2 Å². The van der Waals surface area contributed by atoms with Crippen LogP contribution in [-0.4, -0.2) is 27.4 Å². The molecule has 0 atom stereocenters. The van der Waals surface area contributed by atoms with Crippen LogP contribution in [-0.2, 0) is 14.8 Å². The quantitative estimate of drug-likeness (QED) is 0.662. The zero-order chi connectivity index (χ0) is 19.1. The third-order valence-electron chi connectivity index (χ3n) is 6.58. The van der Waals surface area contributed by atoms with Gasteiger partial charge in [0.15, 0.2) is 0 Å². The van der Waals surface area contributed by atoms with Crippen LogP contribution in [0.3, 0.4) is 0 Å². The van der Waals surface area contributed by atoms with E-state index in [4.69, 9.17) is 0 Å². The number of hydrogen-bond donors (Lipinski definition) is 2. The first kappa shape index (κ1) is 19.4. The summed E-state index contributed by atoms with van der Waals surface area (Å²) in [7, 11) is -3.59. The van der Waals surface area contributed by atoms with Crippen molar-refractivity contribution in [1.29, 1.82) is 0 Å². The number of nitrogens with one attached hydrogen (secondary N) is 2. The van der Waals surface area contributed by atoms with E-state index in [9.17, 15) is 13.2 Å². The molecule has 1 aromatic carbocycles. The van der Waals surface area contributed by atoms with Crippen LogP contribution in [0.15, 0.2) is 33.6 Å². The lowest BCUT2D eigenvalue weighted by molar-refractivity contribution is -0.123. The van der Waals surface area contributed by atoms with E-state index in [1.807, 2.05) is 0 Å². The number of rotatable bonds is 7. The Balaban J connectivity index is 1.25. The standard InChI is InChI=1S/C20H27BrN2O3S/c21-17-2-1-3-18(9-17)27(25,26)23-5-4-19(24)22-13-20-10-14-6-15(11-20)8-16(7-14)12-20/h1-3,9,14-16,23H,4-8,10-13H2,(H,22,24). The van der Waals surface area contributed by atoms with Crippen molar-refractivity contribution >= 4 is 31.9 Å². The smallest absolute Gasteiger partial charge is 0.240 e. The van der Waals surface area contributed by atoms with Crippen molar-refractivity contribution in [3.63, 3.8) is 0 Å². The van der Waals surface area contributed by atoms with Gasteiger partial charge in [-0.15, -0.1) is 0 Å². The average molecular weight is 455 g/mol. The molecule has 0 radical (unpaired) electrons. The molecule has 4 aliphatic rings. The Kier molecular flexibility index (Phi) is 5.38. The lowest BCUT2D eigenvalue weighted by atomic mass is 9.49. The SMILES string of the molecule is O=C(CCNS(=O)(=O)c1cccc(Br)c1)NCC12CC3CC(CC(C3)C1)C2. The van der Waals surface area contributed by atoms with Crippen molar-refractivity contribution in [3.05, 3.63) is 28.7 Å². The molecule has 0 aromatic heterocycles.